The van der Waals surface area contributed by atoms with E-state index in [0.717, 1.165) is 6.07 Å². The van der Waals surface area contributed by atoms with Crippen molar-refractivity contribution in [2.45, 2.75) is 25.7 Å². The summed E-state index contributed by atoms with van der Waals surface area (Å²) in [4.78, 5) is 3.85. The van der Waals surface area contributed by atoms with Crippen LogP contribution in [0.3, 0.4) is 0 Å². The van der Waals surface area contributed by atoms with Crippen LogP contribution in [0.25, 0.3) is 0 Å². The van der Waals surface area contributed by atoms with Gasteiger partial charge in [-0.25, -0.2) is 4.98 Å². The molecule has 3 nitrogen and oxygen atoms in total. The molecule has 0 spiro atoms. The molecule has 0 saturated carbocycles. The molecule has 0 aliphatic rings. The average Bonchev–Trinajstić information content (AvgIpc) is 2.85. The minimum Gasteiger partial charge on any atom is -0.382 e. The van der Waals surface area contributed by atoms with Gasteiger partial charge in [0.15, 0.2) is 0 Å². The minimum absolute atomic E-state index is 0.162. The number of alkyl halides is 3. The minimum atomic E-state index is -4.49. The van der Waals surface area contributed by atoms with Gasteiger partial charge in [-0.2, -0.15) is 13.2 Å². The van der Waals surface area contributed by atoms with Crippen LogP contribution >= 0.6 is 0 Å². The van der Waals surface area contributed by atoms with E-state index in [1.807, 2.05) is 6.92 Å². The molecule has 1 N–H and O–H groups in total. The molecule has 1 heterocycles. The second-order valence-electron chi connectivity index (χ2n) is 4.09. The number of benzene rings is 1. The van der Waals surface area contributed by atoms with Crippen molar-refractivity contribution < 1.29 is 18.3 Å². The predicted molar refractivity (Wildman–Crippen MR) is 63.4 cm³/mol. The Morgan fingerprint density at radius 1 is 1.32 bits per heavy atom. The van der Waals surface area contributed by atoms with Gasteiger partial charge in [-0.15, -0.1) is 0 Å². The molecular weight excluding hydrogens is 257 g/mol. The third-order valence-electron chi connectivity index (χ3n) is 2.93. The number of aliphatic hydroxyl groups is 1. The Morgan fingerprint density at radius 2 is 2.00 bits per heavy atom. The lowest BCUT2D eigenvalue weighted by Crippen LogP contribution is -2.14. The van der Waals surface area contributed by atoms with E-state index in [9.17, 15) is 18.3 Å². The fraction of sp³-hybridized carbons (Fsp3) is 0.308. The summed E-state index contributed by atoms with van der Waals surface area (Å²) in [7, 11) is 0. The number of nitrogens with zero attached hydrogens (tertiary/aromatic N) is 2. The molecule has 1 unspecified atom stereocenters. The molecule has 0 saturated heterocycles. The van der Waals surface area contributed by atoms with E-state index in [-0.39, 0.29) is 5.56 Å². The van der Waals surface area contributed by atoms with Gasteiger partial charge in [0.25, 0.3) is 0 Å². The highest BCUT2D eigenvalue weighted by Gasteiger charge is 2.35. The molecule has 0 bridgehead atoms. The largest absolute Gasteiger partial charge is 0.416 e. The van der Waals surface area contributed by atoms with Crippen molar-refractivity contribution in [3.63, 3.8) is 0 Å². The van der Waals surface area contributed by atoms with Crippen LogP contribution in [0.5, 0.6) is 0 Å². The lowest BCUT2D eigenvalue weighted by atomic mass is 10.00. The smallest absolute Gasteiger partial charge is 0.382 e. The topological polar surface area (TPSA) is 38.0 Å². The van der Waals surface area contributed by atoms with E-state index in [1.165, 1.54) is 30.7 Å². The standard InChI is InChI=1S/C13H13F3N2O/c1-2-18-8-17-7-11(18)12(19)9-5-3-4-6-10(9)13(14,15)16/h3-8,12,19H,2H2,1H3. The normalized spacial score (nSPS) is 13.5. The van der Waals surface area contributed by atoms with Gasteiger partial charge < -0.3 is 9.67 Å². The van der Waals surface area contributed by atoms with Gasteiger partial charge in [0.05, 0.1) is 23.8 Å². The van der Waals surface area contributed by atoms with Gasteiger partial charge >= 0.3 is 6.18 Å². The third-order valence-corrected chi connectivity index (χ3v) is 2.93. The Morgan fingerprint density at radius 3 is 2.63 bits per heavy atom. The summed E-state index contributed by atoms with van der Waals surface area (Å²) in [5, 5.41) is 10.2. The lowest BCUT2D eigenvalue weighted by Gasteiger charge is -2.18. The summed E-state index contributed by atoms with van der Waals surface area (Å²) < 4.78 is 40.3. The summed E-state index contributed by atoms with van der Waals surface area (Å²) in [6.45, 7) is 2.36. The van der Waals surface area contributed by atoms with Crippen molar-refractivity contribution >= 4 is 0 Å². The second kappa shape index (κ2) is 5.05. The fourth-order valence-corrected chi connectivity index (χ4v) is 1.98. The number of aromatic nitrogens is 2. The fourth-order valence-electron chi connectivity index (χ4n) is 1.98. The Kier molecular flexibility index (Phi) is 3.61. The Labute approximate surface area is 108 Å². The molecule has 1 atom stereocenters. The Bertz CT molecular complexity index is 563. The zero-order valence-electron chi connectivity index (χ0n) is 10.2. The van der Waals surface area contributed by atoms with Crippen LogP contribution < -0.4 is 0 Å². The molecular formula is C13H13F3N2O. The van der Waals surface area contributed by atoms with Gasteiger partial charge in [-0.3, -0.25) is 0 Å². The van der Waals surface area contributed by atoms with E-state index in [1.54, 1.807) is 4.57 Å². The SMILES string of the molecule is CCn1cncc1C(O)c1ccccc1C(F)(F)F. The van der Waals surface area contributed by atoms with E-state index in [0.29, 0.717) is 12.2 Å². The maximum atomic E-state index is 12.9. The van der Waals surface area contributed by atoms with Gasteiger partial charge in [0.1, 0.15) is 6.10 Å². The maximum Gasteiger partial charge on any atom is 0.416 e. The first-order valence-electron chi connectivity index (χ1n) is 5.79. The summed E-state index contributed by atoms with van der Waals surface area (Å²) in [5.41, 5.74) is -0.643. The van der Waals surface area contributed by atoms with Crippen LogP contribution in [0.2, 0.25) is 0 Å². The molecule has 0 radical (unpaired) electrons. The molecule has 0 aliphatic heterocycles. The van der Waals surface area contributed by atoms with Crippen LogP contribution in [0, 0.1) is 0 Å². The van der Waals surface area contributed by atoms with E-state index in [2.05, 4.69) is 4.98 Å². The number of rotatable bonds is 3. The van der Waals surface area contributed by atoms with Crippen LogP contribution in [-0.4, -0.2) is 14.7 Å². The van der Waals surface area contributed by atoms with Gasteiger partial charge in [0, 0.05) is 6.54 Å². The first kappa shape index (κ1) is 13.6. The second-order valence-corrected chi connectivity index (χ2v) is 4.09. The number of hydrogen-bond donors (Lipinski definition) is 1. The van der Waals surface area contributed by atoms with Crippen molar-refractivity contribution in [1.29, 1.82) is 0 Å². The van der Waals surface area contributed by atoms with Crippen molar-refractivity contribution in [2.24, 2.45) is 0 Å². The van der Waals surface area contributed by atoms with E-state index < -0.39 is 17.8 Å². The Hall–Kier alpha value is -1.82. The lowest BCUT2D eigenvalue weighted by molar-refractivity contribution is -0.139. The molecule has 2 aromatic rings. The molecule has 0 fully saturated rings. The molecule has 102 valence electrons. The quantitative estimate of drug-likeness (QED) is 0.931. The summed E-state index contributed by atoms with van der Waals surface area (Å²) in [6.07, 6.45) is -2.98. The first-order chi connectivity index (χ1) is 8.95. The van der Waals surface area contributed by atoms with Gasteiger partial charge in [-0.05, 0) is 18.6 Å². The highest BCUT2D eigenvalue weighted by molar-refractivity contribution is 5.35. The van der Waals surface area contributed by atoms with Crippen LogP contribution in [0.15, 0.2) is 36.8 Å². The van der Waals surface area contributed by atoms with Crippen molar-refractivity contribution in [2.75, 3.05) is 0 Å². The van der Waals surface area contributed by atoms with Crippen LogP contribution in [-0.2, 0) is 12.7 Å². The van der Waals surface area contributed by atoms with Crippen LogP contribution in [0.1, 0.15) is 29.8 Å². The molecule has 0 aliphatic carbocycles. The zero-order chi connectivity index (χ0) is 14.0. The highest BCUT2D eigenvalue weighted by atomic mass is 19.4. The first-order valence-corrected chi connectivity index (χ1v) is 5.79. The average molecular weight is 270 g/mol. The molecule has 6 heteroatoms. The van der Waals surface area contributed by atoms with Gasteiger partial charge in [-0.1, -0.05) is 18.2 Å². The molecule has 19 heavy (non-hydrogen) atoms. The summed E-state index contributed by atoms with van der Waals surface area (Å²) in [5.74, 6) is 0. The van der Waals surface area contributed by atoms with E-state index >= 15 is 0 Å². The monoisotopic (exact) mass is 270 g/mol. The van der Waals surface area contributed by atoms with E-state index in [4.69, 9.17) is 0 Å². The maximum absolute atomic E-state index is 12.9. The van der Waals surface area contributed by atoms with Crippen molar-refractivity contribution in [1.82, 2.24) is 9.55 Å². The van der Waals surface area contributed by atoms with Crippen molar-refractivity contribution in [3.8, 4) is 0 Å². The predicted octanol–water partition coefficient (Wildman–Crippen LogP) is 3.00. The zero-order valence-corrected chi connectivity index (χ0v) is 10.2. The molecule has 1 aromatic carbocycles. The number of hydrogen-bond acceptors (Lipinski definition) is 2. The molecule has 1 aromatic heterocycles. The van der Waals surface area contributed by atoms with Crippen molar-refractivity contribution in [3.05, 3.63) is 53.6 Å². The number of aryl methyl sites for hydroxylation is 1. The Balaban J connectivity index is 2.48. The summed E-state index contributed by atoms with van der Waals surface area (Å²) >= 11 is 0. The molecule has 0 amide bonds. The summed E-state index contributed by atoms with van der Waals surface area (Å²) in [6, 6.07) is 5.02. The number of aliphatic hydroxyl groups excluding tert-OH is 1. The third kappa shape index (κ3) is 2.63. The molecule has 2 rings (SSSR count). The number of imidazole rings is 1. The van der Waals surface area contributed by atoms with Crippen LogP contribution in [0.4, 0.5) is 13.2 Å². The number of halogens is 3. The van der Waals surface area contributed by atoms with Gasteiger partial charge in [0.2, 0.25) is 0 Å². The highest BCUT2D eigenvalue weighted by Crippen LogP contribution is 2.36.